The van der Waals surface area contributed by atoms with Gasteiger partial charge in [0.05, 0.1) is 34.4 Å². The molecule has 0 bridgehead atoms. The number of benzene rings is 3. The predicted molar refractivity (Wildman–Crippen MR) is 175 cm³/mol. The van der Waals surface area contributed by atoms with Crippen LogP contribution < -0.4 is 4.74 Å². The van der Waals surface area contributed by atoms with E-state index in [4.69, 9.17) is 13.9 Å². The first-order valence-electron chi connectivity index (χ1n) is 14.7. The predicted octanol–water partition coefficient (Wildman–Crippen LogP) is 6.89. The van der Waals surface area contributed by atoms with Crippen molar-refractivity contribution >= 4 is 9.84 Å². The molecular weight excluding hydrogens is 642 g/mol. The molecule has 0 amide bonds. The van der Waals surface area contributed by atoms with Gasteiger partial charge in [-0.3, -0.25) is 4.68 Å². The number of hydrogen-bond donors (Lipinski definition) is 1. The lowest BCUT2D eigenvalue weighted by Gasteiger charge is -2.19. The first-order valence-corrected chi connectivity index (χ1v) is 16.6. The Morgan fingerprint density at radius 2 is 1.69 bits per heavy atom. The number of sulfone groups is 1. The highest BCUT2D eigenvalue weighted by molar-refractivity contribution is 7.90. The van der Waals surface area contributed by atoms with Crippen molar-refractivity contribution in [2.75, 3.05) is 13.4 Å². The van der Waals surface area contributed by atoms with Crippen molar-refractivity contribution in [2.45, 2.75) is 50.7 Å². The van der Waals surface area contributed by atoms with E-state index in [0.29, 0.717) is 51.0 Å². The molecule has 0 aliphatic carbocycles. The van der Waals surface area contributed by atoms with Crippen molar-refractivity contribution in [1.29, 1.82) is 5.26 Å². The molecule has 250 valence electrons. The van der Waals surface area contributed by atoms with Gasteiger partial charge in [-0.25, -0.2) is 17.8 Å². The number of ether oxygens (including phenoxy) is 2. The highest BCUT2D eigenvalue weighted by Crippen LogP contribution is 2.42. The smallest absolute Gasteiger partial charge is 0.360 e. The van der Waals surface area contributed by atoms with E-state index in [2.05, 4.69) is 16.2 Å². The SMILES string of the molecule is COC(C)(F)Oc1ccc(-c2nc(C)oc2-c2cc(-c3cc(F)c(CO)c(S(C)(=O)=O)c3)ccc2-c2cc(C(C)(C)C#N)nn2C)cc1. The molecule has 1 atom stereocenters. The van der Waals surface area contributed by atoms with Crippen LogP contribution in [0.15, 0.2) is 70.0 Å². The number of nitrogens with zero attached hydrogens (tertiary/aromatic N) is 4. The van der Waals surface area contributed by atoms with E-state index in [1.807, 2.05) is 0 Å². The minimum atomic E-state index is -3.90. The number of nitriles is 1. The maximum Gasteiger partial charge on any atom is 0.360 e. The molecular formula is C35H34F2N4O6S. The summed E-state index contributed by atoms with van der Waals surface area (Å²) in [7, 11) is -0.962. The van der Waals surface area contributed by atoms with E-state index >= 15 is 4.39 Å². The standard InChI is InChI=1S/C35H34F2N4O6S/c1-20-39-32(21-8-11-24(12-9-21)47-35(4,37)45-6)33(46-20)26-14-22(23-15-28(36)27(18-42)30(16-23)48(7,43)44)10-13-25(26)29-17-31(40-41(29)5)34(2,3)19-38/h8-17,42H,18H2,1-7H3. The molecule has 2 heterocycles. The van der Waals surface area contributed by atoms with E-state index in [0.717, 1.165) is 13.2 Å². The molecule has 0 aliphatic heterocycles. The van der Waals surface area contributed by atoms with Gasteiger partial charge < -0.3 is 19.0 Å². The highest BCUT2D eigenvalue weighted by Gasteiger charge is 2.28. The van der Waals surface area contributed by atoms with Crippen LogP contribution in [0.25, 0.3) is 45.0 Å². The summed E-state index contributed by atoms with van der Waals surface area (Å²) in [6.45, 7) is 5.55. The Morgan fingerprint density at radius 1 is 1.02 bits per heavy atom. The number of halogens is 2. The van der Waals surface area contributed by atoms with E-state index in [1.165, 1.54) is 19.2 Å². The van der Waals surface area contributed by atoms with Gasteiger partial charge in [-0.2, -0.15) is 14.8 Å². The lowest BCUT2D eigenvalue weighted by atomic mass is 9.90. The maximum absolute atomic E-state index is 15.2. The van der Waals surface area contributed by atoms with Gasteiger partial charge in [0.25, 0.3) is 0 Å². The van der Waals surface area contributed by atoms with Gasteiger partial charge in [0.2, 0.25) is 0 Å². The molecule has 0 radical (unpaired) electrons. The lowest BCUT2D eigenvalue weighted by Crippen LogP contribution is -2.28. The molecule has 0 spiro atoms. The summed E-state index contributed by atoms with van der Waals surface area (Å²) in [5, 5.41) is 24.1. The second-order valence-corrected chi connectivity index (χ2v) is 14.0. The fraction of sp³-hybridized carbons (Fsp3) is 0.286. The molecule has 10 nitrogen and oxygen atoms in total. The summed E-state index contributed by atoms with van der Waals surface area (Å²) in [4.78, 5) is 4.32. The van der Waals surface area contributed by atoms with Gasteiger partial charge in [-0.05, 0) is 73.5 Å². The molecule has 1 unspecified atom stereocenters. The zero-order valence-corrected chi connectivity index (χ0v) is 28.2. The summed E-state index contributed by atoms with van der Waals surface area (Å²) >= 11 is 0. The quantitative estimate of drug-likeness (QED) is 0.157. The third-order valence-corrected chi connectivity index (χ3v) is 9.08. The zero-order chi connectivity index (χ0) is 35.2. The number of aliphatic hydroxyl groups is 1. The van der Waals surface area contributed by atoms with E-state index < -0.39 is 33.7 Å². The van der Waals surface area contributed by atoms with Crippen LogP contribution in [0.2, 0.25) is 0 Å². The Bertz CT molecular complexity index is 2160. The molecule has 0 saturated heterocycles. The summed E-state index contributed by atoms with van der Waals surface area (Å²) in [6, 6.07) is 15.9. The highest BCUT2D eigenvalue weighted by atomic mass is 32.2. The lowest BCUT2D eigenvalue weighted by molar-refractivity contribution is -0.242. The Hall–Kier alpha value is -4.90. The van der Waals surface area contributed by atoms with Crippen molar-refractivity contribution in [3.05, 3.63) is 83.6 Å². The summed E-state index contributed by atoms with van der Waals surface area (Å²) in [5.41, 5.74) is 2.86. The van der Waals surface area contributed by atoms with Gasteiger partial charge in [-0.15, -0.1) is 0 Å². The van der Waals surface area contributed by atoms with Crippen molar-refractivity contribution < 1.29 is 36.2 Å². The fourth-order valence-corrected chi connectivity index (χ4v) is 6.17. The topological polar surface area (TPSA) is 140 Å². The first kappa shape index (κ1) is 34.4. The molecule has 0 fully saturated rings. The van der Waals surface area contributed by atoms with Gasteiger partial charge in [0, 0.05) is 56.5 Å². The maximum atomic E-state index is 15.2. The normalized spacial score (nSPS) is 13.3. The van der Waals surface area contributed by atoms with Crippen LogP contribution in [0.4, 0.5) is 8.78 Å². The third-order valence-electron chi connectivity index (χ3n) is 7.91. The second kappa shape index (κ2) is 12.6. The minimum absolute atomic E-state index is 0.215. The molecule has 5 rings (SSSR count). The molecule has 0 saturated carbocycles. The van der Waals surface area contributed by atoms with Crippen LogP contribution in [0, 0.1) is 24.1 Å². The average Bonchev–Trinajstić information content (AvgIpc) is 3.63. The minimum Gasteiger partial charge on any atom is -0.440 e. The number of aromatic nitrogens is 3. The number of alkyl halides is 1. The Balaban J connectivity index is 1.75. The van der Waals surface area contributed by atoms with Crippen LogP contribution >= 0.6 is 0 Å². The summed E-state index contributed by atoms with van der Waals surface area (Å²) < 4.78 is 72.5. The van der Waals surface area contributed by atoms with Crippen LogP contribution in [0.1, 0.15) is 37.9 Å². The first-order chi connectivity index (χ1) is 22.5. The zero-order valence-electron chi connectivity index (χ0n) is 27.4. The van der Waals surface area contributed by atoms with Crippen molar-refractivity contribution in [2.24, 2.45) is 7.05 Å². The van der Waals surface area contributed by atoms with Gasteiger partial charge >= 0.3 is 6.04 Å². The van der Waals surface area contributed by atoms with Crippen molar-refractivity contribution in [3.63, 3.8) is 0 Å². The number of aryl methyl sites for hydroxylation is 2. The molecule has 13 heteroatoms. The van der Waals surface area contributed by atoms with Crippen molar-refractivity contribution in [3.8, 4) is 56.8 Å². The van der Waals surface area contributed by atoms with Gasteiger partial charge in [0.15, 0.2) is 21.5 Å². The molecule has 48 heavy (non-hydrogen) atoms. The van der Waals surface area contributed by atoms with Crippen LogP contribution in [0.3, 0.4) is 0 Å². The fourth-order valence-electron chi connectivity index (χ4n) is 5.22. The third kappa shape index (κ3) is 6.73. The van der Waals surface area contributed by atoms with Crippen molar-refractivity contribution in [1.82, 2.24) is 14.8 Å². The van der Waals surface area contributed by atoms with E-state index in [9.17, 15) is 23.2 Å². The van der Waals surface area contributed by atoms with Crippen LogP contribution in [-0.2, 0) is 33.6 Å². The van der Waals surface area contributed by atoms with Crippen LogP contribution in [-0.4, -0.2) is 47.7 Å². The van der Waals surface area contributed by atoms with E-state index in [1.54, 1.807) is 81.0 Å². The van der Waals surface area contributed by atoms with Gasteiger partial charge in [0.1, 0.15) is 17.3 Å². The molecule has 5 aromatic rings. The number of oxazole rings is 1. The van der Waals surface area contributed by atoms with E-state index in [-0.39, 0.29) is 21.8 Å². The summed E-state index contributed by atoms with van der Waals surface area (Å²) in [5.74, 6) is 0.0183. The molecule has 0 aliphatic rings. The number of methoxy groups -OCH3 is 1. The largest absolute Gasteiger partial charge is 0.440 e. The Morgan fingerprint density at radius 3 is 2.29 bits per heavy atom. The monoisotopic (exact) mass is 676 g/mol. The molecule has 2 aromatic heterocycles. The second-order valence-electron chi connectivity index (χ2n) is 12.0. The number of hydrogen-bond acceptors (Lipinski definition) is 9. The number of aliphatic hydroxyl groups excluding tert-OH is 1. The average molecular weight is 677 g/mol. The number of rotatable bonds is 10. The van der Waals surface area contributed by atoms with Crippen LogP contribution in [0.5, 0.6) is 5.75 Å². The molecule has 1 N–H and O–H groups in total. The molecule has 3 aromatic carbocycles. The Labute approximate surface area is 277 Å². The summed E-state index contributed by atoms with van der Waals surface area (Å²) in [6.07, 6.45) is 0.950. The Kier molecular flexibility index (Phi) is 9.05. The van der Waals surface area contributed by atoms with Gasteiger partial charge in [-0.1, -0.05) is 12.1 Å².